The summed E-state index contributed by atoms with van der Waals surface area (Å²) in [7, 11) is 0. The molecule has 0 bridgehead atoms. The van der Waals surface area contributed by atoms with E-state index in [0.717, 1.165) is 10.2 Å². The van der Waals surface area contributed by atoms with Crippen molar-refractivity contribution < 1.29 is 4.39 Å². The van der Waals surface area contributed by atoms with Gasteiger partial charge < -0.3 is 5.32 Å². The Labute approximate surface area is 127 Å². The van der Waals surface area contributed by atoms with Crippen LogP contribution >= 0.6 is 31.9 Å². The lowest BCUT2D eigenvalue weighted by molar-refractivity contribution is 0.624. The normalized spacial score (nSPS) is 11.7. The van der Waals surface area contributed by atoms with Crippen molar-refractivity contribution >= 4 is 37.5 Å². The van der Waals surface area contributed by atoms with Crippen LogP contribution in [0.25, 0.3) is 0 Å². The lowest BCUT2D eigenvalue weighted by atomic mass is 10.1. The number of nitriles is 1. The summed E-state index contributed by atoms with van der Waals surface area (Å²) in [5.74, 6) is -0.365. The van der Waals surface area contributed by atoms with Gasteiger partial charge in [0.1, 0.15) is 11.9 Å². The maximum Gasteiger partial charge on any atom is 0.141 e. The Balaban J connectivity index is 2.28. The Morgan fingerprint density at radius 2 is 1.79 bits per heavy atom. The van der Waals surface area contributed by atoms with Crippen LogP contribution in [0.4, 0.5) is 10.1 Å². The standard InChI is InChI=1S/C14H9Br2FN2/c15-9-1-4-11(5-2-9)19-14(8-18)12-7-10(17)3-6-13(12)16/h1-7,14,19H. The number of hydrogen-bond donors (Lipinski definition) is 1. The molecule has 2 nitrogen and oxygen atoms in total. The zero-order valence-electron chi connectivity index (χ0n) is 9.70. The first-order valence-electron chi connectivity index (χ1n) is 5.47. The highest BCUT2D eigenvalue weighted by molar-refractivity contribution is 9.10. The number of halogens is 3. The molecule has 0 radical (unpaired) electrons. The van der Waals surface area contributed by atoms with E-state index in [-0.39, 0.29) is 5.82 Å². The van der Waals surface area contributed by atoms with Crippen LogP contribution in [0.5, 0.6) is 0 Å². The number of hydrogen-bond acceptors (Lipinski definition) is 2. The minimum Gasteiger partial charge on any atom is -0.366 e. The second-order valence-corrected chi connectivity index (χ2v) is 5.65. The monoisotopic (exact) mass is 382 g/mol. The average Bonchev–Trinajstić information content (AvgIpc) is 2.41. The molecule has 0 aliphatic rings. The third kappa shape index (κ3) is 3.55. The fourth-order valence-corrected chi connectivity index (χ4v) is 2.37. The molecule has 19 heavy (non-hydrogen) atoms. The van der Waals surface area contributed by atoms with Gasteiger partial charge in [-0.15, -0.1) is 0 Å². The molecule has 2 aromatic rings. The zero-order valence-corrected chi connectivity index (χ0v) is 12.9. The van der Waals surface area contributed by atoms with Crippen molar-refractivity contribution in [2.24, 2.45) is 0 Å². The van der Waals surface area contributed by atoms with Crippen molar-refractivity contribution in [3.05, 3.63) is 62.8 Å². The fourth-order valence-electron chi connectivity index (χ4n) is 1.63. The third-order valence-electron chi connectivity index (χ3n) is 2.55. The SMILES string of the molecule is N#CC(Nc1ccc(Br)cc1)c1cc(F)ccc1Br. The number of nitrogens with zero attached hydrogens (tertiary/aromatic N) is 1. The molecule has 2 aromatic carbocycles. The predicted octanol–water partition coefficient (Wildman–Crippen LogP) is 5.03. The molecule has 5 heteroatoms. The molecular weight excluding hydrogens is 375 g/mol. The Hall–Kier alpha value is -1.38. The van der Waals surface area contributed by atoms with Crippen LogP contribution in [0.15, 0.2) is 51.4 Å². The fraction of sp³-hybridized carbons (Fsp3) is 0.0714. The summed E-state index contributed by atoms with van der Waals surface area (Å²) in [6.07, 6.45) is 0. The zero-order chi connectivity index (χ0) is 13.8. The number of benzene rings is 2. The summed E-state index contributed by atoms with van der Waals surface area (Å²) in [5, 5.41) is 12.3. The van der Waals surface area contributed by atoms with Gasteiger partial charge in [-0.1, -0.05) is 31.9 Å². The van der Waals surface area contributed by atoms with Crippen LogP contribution in [-0.4, -0.2) is 0 Å². The van der Waals surface area contributed by atoms with Crippen LogP contribution in [0.2, 0.25) is 0 Å². The number of anilines is 1. The topological polar surface area (TPSA) is 35.8 Å². The summed E-state index contributed by atoms with van der Waals surface area (Å²) in [6.45, 7) is 0. The first-order chi connectivity index (χ1) is 9.10. The van der Waals surface area contributed by atoms with E-state index in [9.17, 15) is 9.65 Å². The Kier molecular flexibility index (Phi) is 4.56. The summed E-state index contributed by atoms with van der Waals surface area (Å²) in [5.41, 5.74) is 1.37. The van der Waals surface area contributed by atoms with Crippen molar-refractivity contribution in [3.63, 3.8) is 0 Å². The quantitative estimate of drug-likeness (QED) is 0.806. The van der Waals surface area contributed by atoms with Crippen molar-refractivity contribution in [1.29, 1.82) is 5.26 Å². The van der Waals surface area contributed by atoms with Gasteiger partial charge in [0.2, 0.25) is 0 Å². The molecule has 0 saturated carbocycles. The van der Waals surface area contributed by atoms with Crippen molar-refractivity contribution in [3.8, 4) is 6.07 Å². The summed E-state index contributed by atoms with van der Waals surface area (Å²) in [4.78, 5) is 0. The van der Waals surface area contributed by atoms with Gasteiger partial charge in [-0.3, -0.25) is 0 Å². The van der Waals surface area contributed by atoms with Crippen LogP contribution in [0.3, 0.4) is 0 Å². The molecular formula is C14H9Br2FN2. The maximum absolute atomic E-state index is 13.3. The van der Waals surface area contributed by atoms with E-state index < -0.39 is 6.04 Å². The molecule has 1 atom stereocenters. The van der Waals surface area contributed by atoms with Gasteiger partial charge in [0, 0.05) is 20.2 Å². The molecule has 2 rings (SSSR count). The van der Waals surface area contributed by atoms with E-state index in [4.69, 9.17) is 0 Å². The molecule has 0 aliphatic heterocycles. The van der Waals surface area contributed by atoms with E-state index in [2.05, 4.69) is 43.2 Å². The van der Waals surface area contributed by atoms with Crippen LogP contribution in [0, 0.1) is 17.1 Å². The first-order valence-corrected chi connectivity index (χ1v) is 7.05. The molecule has 0 saturated heterocycles. The summed E-state index contributed by atoms with van der Waals surface area (Å²) >= 11 is 6.68. The van der Waals surface area contributed by atoms with Gasteiger partial charge in [0.15, 0.2) is 0 Å². The number of rotatable bonds is 3. The largest absolute Gasteiger partial charge is 0.366 e. The molecule has 1 N–H and O–H groups in total. The van der Waals surface area contributed by atoms with Crippen LogP contribution < -0.4 is 5.32 Å². The lowest BCUT2D eigenvalue weighted by Crippen LogP contribution is -2.09. The molecule has 0 spiro atoms. The minimum atomic E-state index is -0.619. The molecule has 0 amide bonds. The van der Waals surface area contributed by atoms with Gasteiger partial charge in [-0.05, 0) is 42.5 Å². The molecule has 96 valence electrons. The average molecular weight is 384 g/mol. The van der Waals surface area contributed by atoms with Crippen molar-refractivity contribution in [1.82, 2.24) is 0 Å². The molecule has 0 aromatic heterocycles. The van der Waals surface area contributed by atoms with Gasteiger partial charge in [-0.25, -0.2) is 4.39 Å². The molecule has 0 fully saturated rings. The third-order valence-corrected chi connectivity index (χ3v) is 3.80. The highest BCUT2D eigenvalue weighted by Crippen LogP contribution is 2.27. The van der Waals surface area contributed by atoms with Gasteiger partial charge >= 0.3 is 0 Å². The highest BCUT2D eigenvalue weighted by atomic mass is 79.9. The van der Waals surface area contributed by atoms with Crippen LogP contribution in [0.1, 0.15) is 11.6 Å². The Morgan fingerprint density at radius 3 is 2.42 bits per heavy atom. The van der Waals surface area contributed by atoms with Gasteiger partial charge in [-0.2, -0.15) is 5.26 Å². The van der Waals surface area contributed by atoms with E-state index >= 15 is 0 Å². The second kappa shape index (κ2) is 6.18. The van der Waals surface area contributed by atoms with Crippen molar-refractivity contribution in [2.75, 3.05) is 5.32 Å². The second-order valence-electron chi connectivity index (χ2n) is 3.88. The van der Waals surface area contributed by atoms with E-state index in [1.807, 2.05) is 24.3 Å². The Bertz CT molecular complexity index is 620. The Morgan fingerprint density at radius 1 is 1.11 bits per heavy atom. The number of nitrogens with one attached hydrogen (secondary N) is 1. The lowest BCUT2D eigenvalue weighted by Gasteiger charge is -2.15. The van der Waals surface area contributed by atoms with Crippen molar-refractivity contribution in [2.45, 2.75) is 6.04 Å². The highest BCUT2D eigenvalue weighted by Gasteiger charge is 2.14. The van der Waals surface area contributed by atoms with Crippen LogP contribution in [-0.2, 0) is 0 Å². The van der Waals surface area contributed by atoms with E-state index in [1.165, 1.54) is 12.1 Å². The predicted molar refractivity (Wildman–Crippen MR) is 80.2 cm³/mol. The molecule has 1 unspecified atom stereocenters. The summed E-state index contributed by atoms with van der Waals surface area (Å²) < 4.78 is 14.9. The summed E-state index contributed by atoms with van der Waals surface area (Å²) in [6, 6.07) is 13.2. The van der Waals surface area contributed by atoms with E-state index in [1.54, 1.807) is 6.07 Å². The molecule has 0 aliphatic carbocycles. The van der Waals surface area contributed by atoms with Gasteiger partial charge in [0.25, 0.3) is 0 Å². The molecule has 0 heterocycles. The minimum absolute atomic E-state index is 0.365. The van der Waals surface area contributed by atoms with Gasteiger partial charge in [0.05, 0.1) is 6.07 Å². The first kappa shape index (κ1) is 14.0. The smallest absolute Gasteiger partial charge is 0.141 e. The maximum atomic E-state index is 13.3. The van der Waals surface area contributed by atoms with E-state index in [0.29, 0.717) is 10.0 Å².